The van der Waals surface area contributed by atoms with E-state index < -0.39 is 38.1 Å². The molecule has 2 N–H and O–H groups in total. The first kappa shape index (κ1) is 38.1. The topological polar surface area (TPSA) is 170 Å². The molecule has 1 aliphatic rings. The second kappa shape index (κ2) is 16.3. The number of hydrogen-bond acceptors (Lipinski definition) is 10. The molecule has 3 aromatic rings. The molecule has 14 nitrogen and oxygen atoms in total. The summed E-state index contributed by atoms with van der Waals surface area (Å²) in [6.07, 6.45) is 3.94. The van der Waals surface area contributed by atoms with Crippen LogP contribution < -0.4 is 14.2 Å². The van der Waals surface area contributed by atoms with Gasteiger partial charge < -0.3 is 28.8 Å². The van der Waals surface area contributed by atoms with E-state index in [1.165, 1.54) is 64.7 Å². The Morgan fingerprint density at radius 3 is 2.47 bits per heavy atom. The maximum atomic E-state index is 14.4. The fourth-order valence-electron chi connectivity index (χ4n) is 5.46. The summed E-state index contributed by atoms with van der Waals surface area (Å²) in [5.41, 5.74) is 0.237. The SMILES string of the molecule is COc1ccc(S(=O)(=O)N(C)C[C@H]2OCCCC[C@@H](C)Oc3ccc(NS(=O)(=O)c4cn(C)cn4)cc3C(=O)N([C@H](C)CO)C[C@@H]2C)cc1. The van der Waals surface area contributed by atoms with Gasteiger partial charge in [0.2, 0.25) is 10.0 Å². The molecular formula is C33H47N5O9S2. The molecule has 0 radical (unpaired) electrons. The number of carbonyl (C=O) groups is 1. The molecule has 0 bridgehead atoms. The number of nitrogens with zero attached hydrogens (tertiary/aromatic N) is 4. The minimum absolute atomic E-state index is 0.0145. The van der Waals surface area contributed by atoms with Crippen LogP contribution in [0.25, 0.3) is 0 Å². The highest BCUT2D eigenvalue weighted by atomic mass is 32.2. The number of ether oxygens (including phenoxy) is 3. The molecule has 0 fully saturated rings. The number of likely N-dealkylation sites (N-methyl/N-ethyl adjacent to an activating group) is 1. The number of nitrogens with one attached hydrogen (secondary N) is 1. The van der Waals surface area contributed by atoms with Gasteiger partial charge in [0, 0.05) is 51.6 Å². The monoisotopic (exact) mass is 721 g/mol. The molecule has 270 valence electrons. The van der Waals surface area contributed by atoms with Crippen LogP contribution in [-0.2, 0) is 31.8 Å². The first-order valence-electron chi connectivity index (χ1n) is 16.1. The van der Waals surface area contributed by atoms with Gasteiger partial charge in [-0.05, 0) is 75.6 Å². The Bertz CT molecular complexity index is 1780. The molecule has 0 aliphatic carbocycles. The number of aromatic nitrogens is 2. The lowest BCUT2D eigenvalue weighted by atomic mass is 10.0. The molecule has 2 heterocycles. The molecule has 16 heteroatoms. The van der Waals surface area contributed by atoms with E-state index in [1.54, 1.807) is 32.2 Å². The summed E-state index contributed by atoms with van der Waals surface area (Å²) >= 11 is 0. The molecule has 1 aliphatic heterocycles. The summed E-state index contributed by atoms with van der Waals surface area (Å²) in [5, 5.41) is 10.0. The van der Waals surface area contributed by atoms with Crippen LogP contribution in [0.15, 0.2) is 64.9 Å². The van der Waals surface area contributed by atoms with Gasteiger partial charge in [-0.15, -0.1) is 0 Å². The highest BCUT2D eigenvalue weighted by Crippen LogP contribution is 2.30. The third-order valence-electron chi connectivity index (χ3n) is 8.46. The van der Waals surface area contributed by atoms with Crippen LogP contribution in [-0.4, -0.2) is 105 Å². The molecule has 4 atom stereocenters. The van der Waals surface area contributed by atoms with Crippen LogP contribution >= 0.6 is 0 Å². The Balaban J connectivity index is 1.66. The van der Waals surface area contributed by atoms with Crippen LogP contribution in [0.3, 0.4) is 0 Å². The molecule has 0 saturated heterocycles. The van der Waals surface area contributed by atoms with Crippen LogP contribution in [0, 0.1) is 5.92 Å². The predicted molar refractivity (Wildman–Crippen MR) is 184 cm³/mol. The van der Waals surface area contributed by atoms with E-state index >= 15 is 0 Å². The number of carbonyl (C=O) groups excluding carboxylic acids is 1. The number of imidazole rings is 1. The van der Waals surface area contributed by atoms with Gasteiger partial charge in [0.25, 0.3) is 15.9 Å². The van der Waals surface area contributed by atoms with Gasteiger partial charge in [-0.25, -0.2) is 13.4 Å². The molecule has 0 saturated carbocycles. The smallest absolute Gasteiger partial charge is 0.280 e. The summed E-state index contributed by atoms with van der Waals surface area (Å²) in [6, 6.07) is 9.98. The van der Waals surface area contributed by atoms with E-state index in [0.717, 1.165) is 6.42 Å². The molecule has 4 rings (SSSR count). The van der Waals surface area contributed by atoms with E-state index in [9.17, 15) is 26.7 Å². The molecule has 0 spiro atoms. The van der Waals surface area contributed by atoms with Crippen molar-refractivity contribution in [3.8, 4) is 11.5 Å². The molecular weight excluding hydrogens is 675 g/mol. The van der Waals surface area contributed by atoms with E-state index in [-0.39, 0.29) is 58.6 Å². The number of anilines is 1. The fourth-order valence-corrected chi connectivity index (χ4v) is 7.68. The van der Waals surface area contributed by atoms with Crippen molar-refractivity contribution in [2.45, 2.75) is 68.2 Å². The number of amides is 1. The lowest BCUT2D eigenvalue weighted by Crippen LogP contribution is -2.48. The average Bonchev–Trinajstić information content (AvgIpc) is 3.53. The molecule has 1 aromatic heterocycles. The van der Waals surface area contributed by atoms with Crippen molar-refractivity contribution in [3.05, 3.63) is 60.6 Å². The van der Waals surface area contributed by atoms with Crippen LogP contribution in [0.5, 0.6) is 11.5 Å². The number of hydrogen-bond donors (Lipinski definition) is 2. The Morgan fingerprint density at radius 2 is 1.84 bits per heavy atom. The number of fused-ring (bicyclic) bond motifs is 1. The van der Waals surface area contributed by atoms with Gasteiger partial charge >= 0.3 is 0 Å². The minimum Gasteiger partial charge on any atom is -0.497 e. The fraction of sp³-hybridized carbons (Fsp3) is 0.515. The van der Waals surface area contributed by atoms with Crippen LogP contribution in [0.2, 0.25) is 0 Å². The van der Waals surface area contributed by atoms with E-state index in [1.807, 2.05) is 13.8 Å². The second-order valence-electron chi connectivity index (χ2n) is 12.5. The van der Waals surface area contributed by atoms with Gasteiger partial charge in [-0.2, -0.15) is 12.7 Å². The third kappa shape index (κ3) is 9.51. The largest absolute Gasteiger partial charge is 0.497 e. The van der Waals surface area contributed by atoms with Gasteiger partial charge in [0.1, 0.15) is 11.5 Å². The zero-order valence-corrected chi connectivity index (χ0v) is 30.4. The highest BCUT2D eigenvalue weighted by molar-refractivity contribution is 7.92. The Kier molecular flexibility index (Phi) is 12.7. The highest BCUT2D eigenvalue weighted by Gasteiger charge is 2.33. The molecule has 1 amide bonds. The average molecular weight is 722 g/mol. The van der Waals surface area contributed by atoms with Crippen LogP contribution in [0.4, 0.5) is 5.69 Å². The van der Waals surface area contributed by atoms with Gasteiger partial charge in [-0.1, -0.05) is 6.92 Å². The molecule has 2 aromatic carbocycles. The van der Waals surface area contributed by atoms with Crippen molar-refractivity contribution in [3.63, 3.8) is 0 Å². The first-order valence-corrected chi connectivity index (χ1v) is 19.0. The van der Waals surface area contributed by atoms with E-state index in [2.05, 4.69) is 9.71 Å². The zero-order valence-electron chi connectivity index (χ0n) is 28.8. The maximum absolute atomic E-state index is 14.4. The molecule has 0 unspecified atom stereocenters. The van der Waals surface area contributed by atoms with Crippen molar-refractivity contribution in [2.75, 3.05) is 45.2 Å². The van der Waals surface area contributed by atoms with Gasteiger partial charge in [-0.3, -0.25) is 9.52 Å². The summed E-state index contributed by atoms with van der Waals surface area (Å²) < 4.78 is 76.1. The lowest BCUT2D eigenvalue weighted by molar-refractivity contribution is -0.00833. The summed E-state index contributed by atoms with van der Waals surface area (Å²) in [5.74, 6) is -0.0735. The van der Waals surface area contributed by atoms with Crippen molar-refractivity contribution in [1.29, 1.82) is 0 Å². The number of sulfonamides is 2. The van der Waals surface area contributed by atoms with Gasteiger partial charge in [0.05, 0.1) is 48.8 Å². The zero-order chi connectivity index (χ0) is 35.9. The Hall–Kier alpha value is -3.70. The van der Waals surface area contributed by atoms with Crippen molar-refractivity contribution < 1.29 is 40.9 Å². The summed E-state index contributed by atoms with van der Waals surface area (Å²) in [4.78, 5) is 19.9. The predicted octanol–water partition coefficient (Wildman–Crippen LogP) is 3.35. The first-order chi connectivity index (χ1) is 23.2. The molecule has 49 heavy (non-hydrogen) atoms. The third-order valence-corrected chi connectivity index (χ3v) is 11.6. The summed E-state index contributed by atoms with van der Waals surface area (Å²) in [7, 11) is -3.29. The van der Waals surface area contributed by atoms with Crippen molar-refractivity contribution in [1.82, 2.24) is 18.8 Å². The number of aliphatic hydroxyl groups is 1. The van der Waals surface area contributed by atoms with E-state index in [4.69, 9.17) is 14.2 Å². The summed E-state index contributed by atoms with van der Waals surface area (Å²) in [6.45, 7) is 5.58. The number of aryl methyl sites for hydroxylation is 1. The standard InChI is InChI=1S/C33H47N5O9S2/c1-23-18-38(24(2)21-39)33(40)29-17-26(35-48(41,42)32-20-36(4)22-34-32)10-15-30(29)47-25(3)9-7-8-16-46-31(23)19-37(5)49(43,44)28-13-11-27(45-6)12-14-28/h10-15,17,20,22-25,31,35,39H,7-9,16,18-19,21H2,1-6H3/t23-,24+,25+,31+/m0/s1. The number of methoxy groups -OCH3 is 1. The Labute approximate surface area is 289 Å². The number of aliphatic hydroxyl groups excluding tert-OH is 1. The lowest BCUT2D eigenvalue weighted by Gasteiger charge is -2.35. The van der Waals surface area contributed by atoms with Crippen molar-refractivity contribution in [2.24, 2.45) is 13.0 Å². The maximum Gasteiger partial charge on any atom is 0.280 e. The van der Waals surface area contributed by atoms with Crippen molar-refractivity contribution >= 4 is 31.6 Å². The van der Waals surface area contributed by atoms with Crippen LogP contribution in [0.1, 0.15) is 50.4 Å². The second-order valence-corrected chi connectivity index (χ2v) is 16.1. The Morgan fingerprint density at radius 1 is 1.12 bits per heavy atom. The number of benzene rings is 2. The minimum atomic E-state index is -4.06. The van der Waals surface area contributed by atoms with E-state index in [0.29, 0.717) is 25.2 Å². The quantitative estimate of drug-likeness (QED) is 0.317. The number of rotatable bonds is 10. The normalized spacial score (nSPS) is 20.6. The van der Waals surface area contributed by atoms with Gasteiger partial charge in [0.15, 0.2) is 5.03 Å².